The van der Waals surface area contributed by atoms with E-state index in [2.05, 4.69) is 64.5 Å². The van der Waals surface area contributed by atoms with Crippen molar-refractivity contribution in [3.63, 3.8) is 0 Å². The predicted molar refractivity (Wildman–Crippen MR) is 176 cm³/mol. The molecule has 4 aromatic carbocycles. The fourth-order valence-corrected chi connectivity index (χ4v) is 4.68. The van der Waals surface area contributed by atoms with Crippen molar-refractivity contribution in [2.45, 2.75) is 11.8 Å². The summed E-state index contributed by atoms with van der Waals surface area (Å²) in [5, 5.41) is 0. The van der Waals surface area contributed by atoms with Crippen molar-refractivity contribution in [3.8, 4) is 73.1 Å². The lowest BCUT2D eigenvalue weighted by molar-refractivity contribution is 0.941. The highest BCUT2D eigenvalue weighted by Gasteiger charge is 2.18. The lowest BCUT2D eigenvalue weighted by Crippen LogP contribution is -2.03. The number of hydrogen-bond donors (Lipinski definition) is 1. The zero-order chi connectivity index (χ0) is 30.0. The molecule has 0 aliphatic heterocycles. The first-order valence-electron chi connectivity index (χ1n) is 13.6. The molecule has 0 fully saturated rings. The molecule has 1 nitrogen and oxygen atoms in total. The third-order valence-corrected chi connectivity index (χ3v) is 6.95. The van der Waals surface area contributed by atoms with Crippen LogP contribution in [-0.4, -0.2) is 4.98 Å². The van der Waals surface area contributed by atoms with Crippen LogP contribution in [0.1, 0.15) is 67.7 Å². The number of aromatic amines is 1. The predicted octanol–water partition coefficient (Wildman–Crippen LogP) is 7.31. The van der Waals surface area contributed by atoms with Crippen LogP contribution < -0.4 is 0 Å². The van der Waals surface area contributed by atoms with Gasteiger partial charge in [-0.25, -0.2) is 0 Å². The third kappa shape index (κ3) is 6.82. The van der Waals surface area contributed by atoms with Gasteiger partial charge in [0.05, 0.1) is 11.8 Å². The van der Waals surface area contributed by atoms with Crippen LogP contribution in [0.25, 0.3) is 0 Å². The van der Waals surface area contributed by atoms with E-state index < -0.39 is 0 Å². The molecule has 0 spiro atoms. The largest absolute Gasteiger partial charge is 0.360 e. The van der Waals surface area contributed by atoms with Gasteiger partial charge >= 0.3 is 0 Å². The smallest absolute Gasteiger partial charge is 0.0855 e. The van der Waals surface area contributed by atoms with Gasteiger partial charge in [-0.15, -0.1) is 25.7 Å². The third-order valence-electron chi connectivity index (χ3n) is 6.95. The maximum absolute atomic E-state index is 5.61. The molecule has 0 saturated carbocycles. The number of aromatic nitrogens is 1. The zero-order valence-electron chi connectivity index (χ0n) is 23.4. The number of rotatable bonds is 4. The normalized spacial score (nSPS) is 11.1. The molecule has 198 valence electrons. The van der Waals surface area contributed by atoms with Gasteiger partial charge in [-0.05, 0) is 83.9 Å². The molecule has 0 radical (unpaired) electrons. The minimum atomic E-state index is -0.250. The van der Waals surface area contributed by atoms with Crippen LogP contribution >= 0.6 is 0 Å². The second kappa shape index (κ2) is 13.2. The summed E-state index contributed by atoms with van der Waals surface area (Å²) in [6, 6.07) is 35.2. The Morgan fingerprint density at radius 3 is 1.16 bits per heavy atom. The summed E-state index contributed by atoms with van der Waals surface area (Å²) < 4.78 is 0. The lowest BCUT2D eigenvalue weighted by Gasteiger charge is -2.13. The zero-order valence-corrected chi connectivity index (χ0v) is 23.4. The van der Waals surface area contributed by atoms with Crippen molar-refractivity contribution in [1.82, 2.24) is 4.98 Å². The van der Waals surface area contributed by atoms with Crippen LogP contribution in [0.2, 0.25) is 0 Å². The maximum atomic E-state index is 5.61. The Kier molecular flexibility index (Phi) is 8.65. The molecule has 1 heteroatoms. The van der Waals surface area contributed by atoms with E-state index in [4.69, 9.17) is 25.7 Å². The fraction of sp³-hybridized carbons (Fsp3) is 0.0476. The highest BCUT2D eigenvalue weighted by atomic mass is 14.7. The molecule has 43 heavy (non-hydrogen) atoms. The summed E-state index contributed by atoms with van der Waals surface area (Å²) in [5.74, 6) is 23.8. The number of terminal acetylenes is 4. The summed E-state index contributed by atoms with van der Waals surface area (Å²) in [7, 11) is 0. The Morgan fingerprint density at radius 1 is 0.419 bits per heavy atom. The first-order chi connectivity index (χ1) is 21.1. The summed E-state index contributed by atoms with van der Waals surface area (Å²) in [5.41, 5.74) is 8.78. The molecule has 0 aliphatic carbocycles. The van der Waals surface area contributed by atoms with E-state index in [1.165, 1.54) is 0 Å². The molecule has 1 N–H and O–H groups in total. The SMILES string of the molecule is C#Cc1ccc(C(C#Cc2cccc(C#C)c2)c2ccc(C(C#Cc3cccc(C#C)c3)c3ccc(C#C)cc3)[nH]2)cc1. The van der Waals surface area contributed by atoms with E-state index in [9.17, 15) is 0 Å². The molecular formula is C42H25N. The van der Waals surface area contributed by atoms with E-state index in [-0.39, 0.29) is 11.8 Å². The molecule has 2 atom stereocenters. The number of hydrogen-bond acceptors (Lipinski definition) is 0. The van der Waals surface area contributed by atoms with Crippen molar-refractivity contribution in [1.29, 1.82) is 0 Å². The van der Waals surface area contributed by atoms with Gasteiger partial charge in [0.1, 0.15) is 0 Å². The van der Waals surface area contributed by atoms with Crippen molar-refractivity contribution in [2.24, 2.45) is 0 Å². The van der Waals surface area contributed by atoms with Gasteiger partial charge in [0, 0.05) is 44.8 Å². The Bertz CT molecular complexity index is 1920. The summed E-state index contributed by atoms with van der Waals surface area (Å²) in [6.07, 6.45) is 22.4. The second-order valence-corrected chi connectivity index (χ2v) is 9.76. The highest BCUT2D eigenvalue weighted by molar-refractivity contribution is 5.50. The second-order valence-electron chi connectivity index (χ2n) is 9.76. The monoisotopic (exact) mass is 543 g/mol. The molecule has 0 bridgehead atoms. The number of benzene rings is 4. The quantitative estimate of drug-likeness (QED) is 0.229. The first kappa shape index (κ1) is 28.1. The van der Waals surface area contributed by atoms with Gasteiger partial charge in [-0.3, -0.25) is 0 Å². The van der Waals surface area contributed by atoms with Gasteiger partial charge in [-0.1, -0.05) is 83.8 Å². The Hall–Kier alpha value is -6.48. The summed E-state index contributed by atoms with van der Waals surface area (Å²) >= 11 is 0. The van der Waals surface area contributed by atoms with E-state index in [0.29, 0.717) is 0 Å². The average Bonchev–Trinajstić information content (AvgIpc) is 3.55. The topological polar surface area (TPSA) is 15.8 Å². The van der Waals surface area contributed by atoms with Crippen molar-refractivity contribution in [3.05, 3.63) is 165 Å². The van der Waals surface area contributed by atoms with Crippen molar-refractivity contribution in [2.75, 3.05) is 0 Å². The average molecular weight is 544 g/mol. The minimum absolute atomic E-state index is 0.250. The van der Waals surface area contributed by atoms with E-state index in [1.54, 1.807) is 0 Å². The summed E-state index contributed by atoms with van der Waals surface area (Å²) in [6.45, 7) is 0. The molecule has 0 aliphatic rings. The van der Waals surface area contributed by atoms with E-state index in [1.807, 2.05) is 97.1 Å². The lowest BCUT2D eigenvalue weighted by atomic mass is 9.95. The molecule has 1 heterocycles. The molecule has 5 aromatic rings. The van der Waals surface area contributed by atoms with E-state index >= 15 is 0 Å². The molecule has 0 saturated heterocycles. The first-order valence-corrected chi connectivity index (χ1v) is 13.6. The van der Waals surface area contributed by atoms with Crippen LogP contribution in [0.15, 0.2) is 109 Å². The van der Waals surface area contributed by atoms with Gasteiger partial charge in [-0.2, -0.15) is 0 Å². The van der Waals surface area contributed by atoms with Crippen LogP contribution in [0.5, 0.6) is 0 Å². The Morgan fingerprint density at radius 2 is 0.791 bits per heavy atom. The minimum Gasteiger partial charge on any atom is -0.360 e. The molecule has 0 amide bonds. The van der Waals surface area contributed by atoms with Crippen LogP contribution in [0, 0.1) is 73.1 Å². The van der Waals surface area contributed by atoms with Gasteiger partial charge in [0.15, 0.2) is 0 Å². The van der Waals surface area contributed by atoms with Gasteiger partial charge < -0.3 is 4.98 Å². The standard InChI is InChI=1S/C42H25N/c1-5-31-15-21-37(22-16-31)39(25-19-35-13-9-11-33(7-3)29-35)41-27-28-42(43-41)40(38-23-17-32(6-2)18-24-38)26-20-36-14-10-12-34(8-4)30-36/h1-4,9-18,21-24,27-30,39-40,43H. The fourth-order valence-electron chi connectivity index (χ4n) is 4.68. The number of H-pyrrole nitrogens is 1. The molecular weight excluding hydrogens is 518 g/mol. The van der Waals surface area contributed by atoms with Crippen molar-refractivity contribution < 1.29 is 0 Å². The van der Waals surface area contributed by atoms with Crippen LogP contribution in [-0.2, 0) is 0 Å². The van der Waals surface area contributed by atoms with Gasteiger partial charge in [0.2, 0.25) is 0 Å². The molecule has 1 aromatic heterocycles. The summed E-state index contributed by atoms with van der Waals surface area (Å²) in [4.78, 5) is 3.63. The number of nitrogens with one attached hydrogen (secondary N) is 1. The molecule has 2 unspecified atom stereocenters. The van der Waals surface area contributed by atoms with Gasteiger partial charge in [0.25, 0.3) is 0 Å². The Balaban J connectivity index is 1.58. The highest BCUT2D eigenvalue weighted by Crippen LogP contribution is 2.29. The van der Waals surface area contributed by atoms with Crippen molar-refractivity contribution >= 4 is 0 Å². The Labute approximate surface area is 254 Å². The maximum Gasteiger partial charge on any atom is 0.0855 e. The van der Waals surface area contributed by atoms with E-state index in [0.717, 1.165) is 55.9 Å². The molecule has 5 rings (SSSR count). The van der Waals surface area contributed by atoms with Crippen LogP contribution in [0.4, 0.5) is 0 Å². The van der Waals surface area contributed by atoms with Crippen LogP contribution in [0.3, 0.4) is 0 Å².